The lowest BCUT2D eigenvalue weighted by Gasteiger charge is -2.15. The molecule has 0 aliphatic rings. The number of rotatable bonds is 4. The van der Waals surface area contributed by atoms with E-state index in [1.165, 1.54) is 13.2 Å². The Bertz CT molecular complexity index is 342. The maximum atomic E-state index is 13.5. The Morgan fingerprint density at radius 3 is 2.67 bits per heavy atom. The van der Waals surface area contributed by atoms with Crippen molar-refractivity contribution in [2.45, 2.75) is 19.4 Å². The zero-order chi connectivity index (χ0) is 11.4. The fraction of sp³-hybridized carbons (Fsp3) is 0.455. The second-order valence-corrected chi connectivity index (χ2v) is 3.34. The third kappa shape index (κ3) is 2.46. The fourth-order valence-corrected chi connectivity index (χ4v) is 1.47. The molecule has 84 valence electrons. The SMILES string of the molecule is CCc1cc(F)c(OC)c(C(N)CO)c1. The number of hydrogen-bond acceptors (Lipinski definition) is 3. The second kappa shape index (κ2) is 5.09. The van der Waals surface area contributed by atoms with Crippen LogP contribution in [0.25, 0.3) is 0 Å². The van der Waals surface area contributed by atoms with Crippen LogP contribution in [0.2, 0.25) is 0 Å². The van der Waals surface area contributed by atoms with Crippen LogP contribution < -0.4 is 10.5 Å². The summed E-state index contributed by atoms with van der Waals surface area (Å²) in [6.07, 6.45) is 0.714. The third-order valence-electron chi connectivity index (χ3n) is 2.34. The van der Waals surface area contributed by atoms with E-state index in [0.717, 1.165) is 5.56 Å². The number of nitrogens with two attached hydrogens (primary N) is 1. The number of hydrogen-bond donors (Lipinski definition) is 2. The van der Waals surface area contributed by atoms with Crippen LogP contribution in [-0.4, -0.2) is 18.8 Å². The summed E-state index contributed by atoms with van der Waals surface area (Å²) in [4.78, 5) is 0. The van der Waals surface area contributed by atoms with Crippen LogP contribution in [0.3, 0.4) is 0 Å². The van der Waals surface area contributed by atoms with Gasteiger partial charge in [-0.2, -0.15) is 0 Å². The largest absolute Gasteiger partial charge is 0.493 e. The highest BCUT2D eigenvalue weighted by atomic mass is 19.1. The maximum absolute atomic E-state index is 13.5. The molecule has 0 aromatic heterocycles. The van der Waals surface area contributed by atoms with Crippen LogP contribution in [-0.2, 0) is 6.42 Å². The van der Waals surface area contributed by atoms with E-state index in [-0.39, 0.29) is 12.4 Å². The molecule has 0 spiro atoms. The summed E-state index contributed by atoms with van der Waals surface area (Å²) in [5.41, 5.74) is 7.02. The Kier molecular flexibility index (Phi) is 4.05. The zero-order valence-electron chi connectivity index (χ0n) is 8.96. The molecule has 0 radical (unpaired) electrons. The van der Waals surface area contributed by atoms with Crippen LogP contribution in [0.4, 0.5) is 4.39 Å². The first-order valence-electron chi connectivity index (χ1n) is 4.86. The number of methoxy groups -OCH3 is 1. The van der Waals surface area contributed by atoms with E-state index in [9.17, 15) is 4.39 Å². The van der Waals surface area contributed by atoms with E-state index in [4.69, 9.17) is 15.6 Å². The summed E-state index contributed by atoms with van der Waals surface area (Å²) in [7, 11) is 1.39. The Hall–Kier alpha value is -1.13. The molecule has 1 aromatic carbocycles. The Morgan fingerprint density at radius 2 is 2.20 bits per heavy atom. The first-order chi connectivity index (χ1) is 7.13. The molecule has 1 atom stereocenters. The highest BCUT2D eigenvalue weighted by Gasteiger charge is 2.16. The van der Waals surface area contributed by atoms with E-state index in [2.05, 4.69) is 0 Å². The number of halogens is 1. The zero-order valence-corrected chi connectivity index (χ0v) is 8.96. The molecule has 0 aliphatic heterocycles. The van der Waals surface area contributed by atoms with Crippen molar-refractivity contribution in [1.29, 1.82) is 0 Å². The monoisotopic (exact) mass is 213 g/mol. The summed E-state index contributed by atoms with van der Waals surface area (Å²) in [5.74, 6) is -0.315. The van der Waals surface area contributed by atoms with Gasteiger partial charge in [0.15, 0.2) is 11.6 Å². The lowest BCUT2D eigenvalue weighted by Crippen LogP contribution is -2.16. The van der Waals surface area contributed by atoms with Crippen molar-refractivity contribution in [3.63, 3.8) is 0 Å². The van der Waals surface area contributed by atoms with Crippen LogP contribution in [0.15, 0.2) is 12.1 Å². The van der Waals surface area contributed by atoms with Gasteiger partial charge < -0.3 is 15.6 Å². The smallest absolute Gasteiger partial charge is 0.165 e. The van der Waals surface area contributed by atoms with Crippen molar-refractivity contribution < 1.29 is 14.2 Å². The summed E-state index contributed by atoms with van der Waals surface area (Å²) in [6, 6.07) is 2.58. The van der Waals surface area contributed by atoms with Crippen molar-refractivity contribution >= 4 is 0 Å². The van der Waals surface area contributed by atoms with Gasteiger partial charge in [0.25, 0.3) is 0 Å². The molecule has 0 amide bonds. The molecule has 0 aliphatic carbocycles. The highest BCUT2D eigenvalue weighted by Crippen LogP contribution is 2.28. The second-order valence-electron chi connectivity index (χ2n) is 3.34. The molecular formula is C11H16FNO2. The van der Waals surface area contributed by atoms with Gasteiger partial charge in [-0.15, -0.1) is 0 Å². The third-order valence-corrected chi connectivity index (χ3v) is 2.34. The van der Waals surface area contributed by atoms with Crippen molar-refractivity contribution in [2.75, 3.05) is 13.7 Å². The molecule has 1 rings (SSSR count). The van der Waals surface area contributed by atoms with Crippen LogP contribution in [0, 0.1) is 5.82 Å². The molecule has 0 saturated heterocycles. The lowest BCUT2D eigenvalue weighted by molar-refractivity contribution is 0.263. The van der Waals surface area contributed by atoms with Crippen LogP contribution in [0.1, 0.15) is 24.1 Å². The van der Waals surface area contributed by atoms with Gasteiger partial charge in [0, 0.05) is 5.56 Å². The predicted molar refractivity (Wildman–Crippen MR) is 56.3 cm³/mol. The van der Waals surface area contributed by atoms with Gasteiger partial charge in [-0.1, -0.05) is 13.0 Å². The standard InChI is InChI=1S/C11H16FNO2/c1-3-7-4-8(10(13)6-14)11(15-2)9(12)5-7/h4-5,10,14H,3,6,13H2,1-2H3. The minimum Gasteiger partial charge on any atom is -0.493 e. The highest BCUT2D eigenvalue weighted by molar-refractivity contribution is 5.40. The minimum absolute atomic E-state index is 0.119. The number of aliphatic hydroxyl groups excluding tert-OH is 1. The van der Waals surface area contributed by atoms with E-state index >= 15 is 0 Å². The molecule has 0 heterocycles. The predicted octanol–water partition coefficient (Wildman–Crippen LogP) is 1.39. The topological polar surface area (TPSA) is 55.5 Å². The van der Waals surface area contributed by atoms with Gasteiger partial charge in [-0.25, -0.2) is 4.39 Å². The summed E-state index contributed by atoms with van der Waals surface area (Å²) < 4.78 is 18.5. The number of ether oxygens (including phenoxy) is 1. The molecule has 0 fully saturated rings. The number of benzene rings is 1. The Labute approximate surface area is 88.7 Å². The lowest BCUT2D eigenvalue weighted by atomic mass is 10.0. The minimum atomic E-state index is -0.610. The van der Waals surface area contributed by atoms with E-state index < -0.39 is 11.9 Å². The molecule has 3 nitrogen and oxygen atoms in total. The van der Waals surface area contributed by atoms with Gasteiger partial charge >= 0.3 is 0 Å². The van der Waals surface area contributed by atoms with Gasteiger partial charge in [-0.3, -0.25) is 0 Å². The average Bonchev–Trinajstić information content (AvgIpc) is 2.26. The van der Waals surface area contributed by atoms with E-state index in [1.54, 1.807) is 6.07 Å². The van der Waals surface area contributed by atoms with Gasteiger partial charge in [-0.05, 0) is 18.1 Å². The molecular weight excluding hydrogens is 197 g/mol. The molecule has 0 saturated carbocycles. The van der Waals surface area contributed by atoms with Crippen molar-refractivity contribution in [3.8, 4) is 5.75 Å². The molecule has 4 heteroatoms. The average molecular weight is 213 g/mol. The summed E-state index contributed by atoms with van der Waals surface area (Å²) >= 11 is 0. The summed E-state index contributed by atoms with van der Waals surface area (Å²) in [5, 5.41) is 8.96. The summed E-state index contributed by atoms with van der Waals surface area (Å²) in [6.45, 7) is 1.69. The van der Waals surface area contributed by atoms with Crippen molar-refractivity contribution in [3.05, 3.63) is 29.1 Å². The fourth-order valence-electron chi connectivity index (χ4n) is 1.47. The molecule has 1 unspecified atom stereocenters. The normalized spacial score (nSPS) is 12.6. The molecule has 15 heavy (non-hydrogen) atoms. The van der Waals surface area contributed by atoms with Crippen molar-refractivity contribution in [1.82, 2.24) is 0 Å². The molecule has 1 aromatic rings. The van der Waals surface area contributed by atoms with Gasteiger partial charge in [0.1, 0.15) is 0 Å². The van der Waals surface area contributed by atoms with Crippen molar-refractivity contribution in [2.24, 2.45) is 5.73 Å². The van der Waals surface area contributed by atoms with Gasteiger partial charge in [0.2, 0.25) is 0 Å². The van der Waals surface area contributed by atoms with Gasteiger partial charge in [0.05, 0.1) is 19.8 Å². The quantitative estimate of drug-likeness (QED) is 0.794. The molecule has 0 bridgehead atoms. The Morgan fingerprint density at radius 1 is 1.53 bits per heavy atom. The molecule has 3 N–H and O–H groups in total. The Balaban J connectivity index is 3.25. The van der Waals surface area contributed by atoms with Crippen LogP contribution >= 0.6 is 0 Å². The van der Waals surface area contributed by atoms with E-state index in [0.29, 0.717) is 12.0 Å². The van der Waals surface area contributed by atoms with E-state index in [1.807, 2.05) is 6.92 Å². The number of aryl methyl sites for hydroxylation is 1. The number of aliphatic hydroxyl groups is 1. The first-order valence-corrected chi connectivity index (χ1v) is 4.86. The first kappa shape index (κ1) is 11.9. The van der Waals surface area contributed by atoms with Crippen LogP contribution in [0.5, 0.6) is 5.75 Å². The maximum Gasteiger partial charge on any atom is 0.165 e.